The van der Waals surface area contributed by atoms with Gasteiger partial charge in [-0.3, -0.25) is 0 Å². The second-order valence-corrected chi connectivity index (χ2v) is 6.19. The van der Waals surface area contributed by atoms with Crippen LogP contribution in [-0.2, 0) is 4.74 Å². The lowest BCUT2D eigenvalue weighted by atomic mass is 9.98. The zero-order valence-corrected chi connectivity index (χ0v) is 12.1. The highest BCUT2D eigenvalue weighted by atomic mass is 16.5. The van der Waals surface area contributed by atoms with Crippen molar-refractivity contribution in [1.82, 2.24) is 0 Å². The van der Waals surface area contributed by atoms with Gasteiger partial charge in [0, 0.05) is 12.2 Å². The SMILES string of the molecule is Cc1ccc(C#N)cc1NCC1CCC2(CCCC2)O1. The van der Waals surface area contributed by atoms with E-state index < -0.39 is 0 Å². The summed E-state index contributed by atoms with van der Waals surface area (Å²) in [5.41, 5.74) is 3.14. The van der Waals surface area contributed by atoms with Crippen LogP contribution in [0.5, 0.6) is 0 Å². The van der Waals surface area contributed by atoms with Gasteiger partial charge in [0.1, 0.15) is 0 Å². The zero-order valence-electron chi connectivity index (χ0n) is 12.1. The molecule has 3 heteroatoms. The third-order valence-corrected chi connectivity index (χ3v) is 4.74. The average molecular weight is 270 g/mol. The first-order chi connectivity index (χ1) is 9.71. The lowest BCUT2D eigenvalue weighted by molar-refractivity contribution is -0.0307. The second kappa shape index (κ2) is 5.46. The molecule has 106 valence electrons. The van der Waals surface area contributed by atoms with Gasteiger partial charge in [-0.1, -0.05) is 18.9 Å². The third kappa shape index (κ3) is 2.66. The van der Waals surface area contributed by atoms with Crippen LogP contribution >= 0.6 is 0 Å². The van der Waals surface area contributed by atoms with E-state index in [-0.39, 0.29) is 5.60 Å². The number of nitrogens with zero attached hydrogens (tertiary/aromatic N) is 1. The van der Waals surface area contributed by atoms with Gasteiger partial charge in [-0.25, -0.2) is 0 Å². The standard InChI is InChI=1S/C17H22N2O/c1-13-4-5-14(11-18)10-16(13)19-12-15-6-9-17(20-15)7-2-3-8-17/h4-5,10,15,19H,2-3,6-9,12H2,1H3. The molecule has 2 fully saturated rings. The summed E-state index contributed by atoms with van der Waals surface area (Å²) in [6.07, 6.45) is 7.82. The van der Waals surface area contributed by atoms with Crippen molar-refractivity contribution < 1.29 is 4.74 Å². The maximum absolute atomic E-state index is 8.97. The van der Waals surface area contributed by atoms with E-state index in [0.717, 1.165) is 18.7 Å². The van der Waals surface area contributed by atoms with Gasteiger partial charge in [-0.2, -0.15) is 5.26 Å². The third-order valence-electron chi connectivity index (χ3n) is 4.74. The number of ether oxygens (including phenoxy) is 1. The molecule has 0 bridgehead atoms. The molecule has 1 saturated heterocycles. The summed E-state index contributed by atoms with van der Waals surface area (Å²) in [6, 6.07) is 7.97. The van der Waals surface area contributed by atoms with Crippen LogP contribution in [0.4, 0.5) is 5.69 Å². The Labute approximate surface area is 120 Å². The Morgan fingerprint density at radius 2 is 2.15 bits per heavy atom. The van der Waals surface area contributed by atoms with Crippen molar-refractivity contribution in [2.24, 2.45) is 0 Å². The summed E-state index contributed by atoms with van der Waals surface area (Å²) in [4.78, 5) is 0. The Bertz CT molecular complexity index is 526. The molecule has 0 aromatic heterocycles. The quantitative estimate of drug-likeness (QED) is 0.909. The fourth-order valence-corrected chi connectivity index (χ4v) is 3.53. The molecule has 20 heavy (non-hydrogen) atoms. The van der Waals surface area contributed by atoms with E-state index >= 15 is 0 Å². The number of hydrogen-bond donors (Lipinski definition) is 1. The molecule has 1 saturated carbocycles. The first-order valence-electron chi connectivity index (χ1n) is 7.63. The van der Waals surface area contributed by atoms with Gasteiger partial charge in [0.05, 0.1) is 23.3 Å². The predicted molar refractivity (Wildman–Crippen MR) is 79.7 cm³/mol. The molecule has 1 aliphatic carbocycles. The Hall–Kier alpha value is -1.53. The van der Waals surface area contributed by atoms with Crippen molar-refractivity contribution in [3.05, 3.63) is 29.3 Å². The number of benzene rings is 1. The first-order valence-corrected chi connectivity index (χ1v) is 7.63. The van der Waals surface area contributed by atoms with Crippen LogP contribution in [-0.4, -0.2) is 18.2 Å². The molecule has 3 nitrogen and oxygen atoms in total. The lowest BCUT2D eigenvalue weighted by Gasteiger charge is -2.24. The van der Waals surface area contributed by atoms with Crippen molar-refractivity contribution in [1.29, 1.82) is 5.26 Å². The molecule has 1 unspecified atom stereocenters. The van der Waals surface area contributed by atoms with E-state index in [4.69, 9.17) is 10.00 Å². The summed E-state index contributed by atoms with van der Waals surface area (Å²) in [5, 5.41) is 12.4. The van der Waals surface area contributed by atoms with E-state index in [1.165, 1.54) is 37.7 Å². The molecular formula is C17H22N2O. The van der Waals surface area contributed by atoms with Crippen LogP contribution in [0.25, 0.3) is 0 Å². The molecule has 1 atom stereocenters. The van der Waals surface area contributed by atoms with E-state index in [1.807, 2.05) is 18.2 Å². The van der Waals surface area contributed by atoms with Crippen molar-refractivity contribution in [2.45, 2.75) is 57.2 Å². The van der Waals surface area contributed by atoms with E-state index in [2.05, 4.69) is 18.3 Å². The van der Waals surface area contributed by atoms with Crippen LogP contribution in [0.1, 0.15) is 49.7 Å². The van der Waals surface area contributed by atoms with Crippen LogP contribution < -0.4 is 5.32 Å². The van der Waals surface area contributed by atoms with Gasteiger partial charge in [0.2, 0.25) is 0 Å². The lowest BCUT2D eigenvalue weighted by Crippen LogP contribution is -2.28. The normalized spacial score (nSPS) is 23.9. The number of nitrogens with one attached hydrogen (secondary N) is 1. The minimum absolute atomic E-state index is 0.204. The van der Waals surface area contributed by atoms with Crippen LogP contribution in [0.2, 0.25) is 0 Å². The molecule has 1 heterocycles. The number of aryl methyl sites for hydroxylation is 1. The maximum Gasteiger partial charge on any atom is 0.0992 e. The van der Waals surface area contributed by atoms with E-state index in [9.17, 15) is 0 Å². The van der Waals surface area contributed by atoms with Crippen molar-refractivity contribution in [3.63, 3.8) is 0 Å². The Morgan fingerprint density at radius 1 is 1.35 bits per heavy atom. The number of rotatable bonds is 3. The second-order valence-electron chi connectivity index (χ2n) is 6.19. The fraction of sp³-hybridized carbons (Fsp3) is 0.588. The molecular weight excluding hydrogens is 248 g/mol. The highest BCUT2D eigenvalue weighted by Gasteiger charge is 2.41. The predicted octanol–water partition coefficient (Wildman–Crippen LogP) is 3.77. The number of nitriles is 1. The van der Waals surface area contributed by atoms with E-state index in [1.54, 1.807) is 0 Å². The summed E-state index contributed by atoms with van der Waals surface area (Å²) in [6.45, 7) is 2.91. The minimum Gasteiger partial charge on any atom is -0.382 e. The van der Waals surface area contributed by atoms with E-state index in [0.29, 0.717) is 11.7 Å². The minimum atomic E-state index is 0.204. The maximum atomic E-state index is 8.97. The van der Waals surface area contributed by atoms with Gasteiger partial charge in [-0.15, -0.1) is 0 Å². The highest BCUT2D eigenvalue weighted by Crippen LogP contribution is 2.43. The zero-order chi connectivity index (χ0) is 14.0. The van der Waals surface area contributed by atoms with Crippen LogP contribution in [0.15, 0.2) is 18.2 Å². The Kier molecular flexibility index (Phi) is 3.67. The monoisotopic (exact) mass is 270 g/mol. The summed E-state index contributed by atoms with van der Waals surface area (Å²) in [5.74, 6) is 0. The van der Waals surface area contributed by atoms with Crippen molar-refractivity contribution in [3.8, 4) is 6.07 Å². The molecule has 0 radical (unpaired) electrons. The van der Waals surface area contributed by atoms with Gasteiger partial charge < -0.3 is 10.1 Å². The number of hydrogen-bond acceptors (Lipinski definition) is 3. The van der Waals surface area contributed by atoms with Crippen LogP contribution in [0, 0.1) is 18.3 Å². The molecule has 1 aliphatic heterocycles. The molecule has 3 rings (SSSR count). The van der Waals surface area contributed by atoms with Crippen LogP contribution in [0.3, 0.4) is 0 Å². The largest absolute Gasteiger partial charge is 0.382 e. The van der Waals surface area contributed by atoms with Gasteiger partial charge >= 0.3 is 0 Å². The van der Waals surface area contributed by atoms with Gasteiger partial charge in [0.25, 0.3) is 0 Å². The molecule has 1 aromatic carbocycles. The van der Waals surface area contributed by atoms with Gasteiger partial charge in [0.15, 0.2) is 0 Å². The molecule has 1 N–H and O–H groups in total. The molecule has 0 amide bonds. The summed E-state index contributed by atoms with van der Waals surface area (Å²) < 4.78 is 6.30. The smallest absolute Gasteiger partial charge is 0.0992 e. The summed E-state index contributed by atoms with van der Waals surface area (Å²) in [7, 11) is 0. The average Bonchev–Trinajstić information content (AvgIpc) is 3.09. The Morgan fingerprint density at radius 3 is 2.90 bits per heavy atom. The molecule has 2 aliphatic rings. The Balaban J connectivity index is 1.59. The van der Waals surface area contributed by atoms with Crippen molar-refractivity contribution >= 4 is 5.69 Å². The fourth-order valence-electron chi connectivity index (χ4n) is 3.53. The highest BCUT2D eigenvalue weighted by molar-refractivity contribution is 5.55. The first kappa shape index (κ1) is 13.5. The molecule has 1 aromatic rings. The summed E-state index contributed by atoms with van der Waals surface area (Å²) >= 11 is 0. The van der Waals surface area contributed by atoms with Crippen molar-refractivity contribution in [2.75, 3.05) is 11.9 Å². The molecule has 1 spiro atoms. The number of anilines is 1. The van der Waals surface area contributed by atoms with Gasteiger partial charge in [-0.05, 0) is 50.3 Å². The topological polar surface area (TPSA) is 45.0 Å².